The van der Waals surface area contributed by atoms with E-state index in [0.29, 0.717) is 22.6 Å². The number of nitro groups is 1. The van der Waals surface area contributed by atoms with Gasteiger partial charge in [-0.15, -0.1) is 0 Å². The van der Waals surface area contributed by atoms with Crippen LogP contribution in [0.25, 0.3) is 0 Å². The Kier molecular flexibility index (Phi) is 5.44. The molecule has 0 bridgehead atoms. The molecule has 0 saturated carbocycles. The zero-order valence-corrected chi connectivity index (χ0v) is 16.5. The van der Waals surface area contributed by atoms with Crippen LogP contribution in [-0.4, -0.2) is 30.4 Å². The first-order valence-corrected chi connectivity index (χ1v) is 8.97. The van der Waals surface area contributed by atoms with E-state index in [9.17, 15) is 19.3 Å². The van der Waals surface area contributed by atoms with Crippen molar-refractivity contribution in [2.24, 2.45) is 0 Å². The molecule has 2 heterocycles. The highest BCUT2D eigenvalue weighted by molar-refractivity contribution is 5.94. The monoisotopic (exact) mass is 400 g/mol. The molecule has 0 fully saturated rings. The Bertz CT molecular complexity index is 1090. The second-order valence-corrected chi connectivity index (χ2v) is 6.80. The molecule has 2 aromatic heterocycles. The molecule has 0 spiro atoms. The lowest BCUT2D eigenvalue weighted by molar-refractivity contribution is -0.385. The number of amides is 1. The van der Waals surface area contributed by atoms with Crippen molar-refractivity contribution in [2.45, 2.75) is 40.3 Å². The van der Waals surface area contributed by atoms with Gasteiger partial charge in [0.1, 0.15) is 23.7 Å². The van der Waals surface area contributed by atoms with Gasteiger partial charge in [-0.2, -0.15) is 10.2 Å². The van der Waals surface area contributed by atoms with Gasteiger partial charge >= 0.3 is 5.69 Å². The topological polar surface area (TPSA) is 108 Å². The fourth-order valence-corrected chi connectivity index (χ4v) is 3.02. The van der Waals surface area contributed by atoms with Crippen molar-refractivity contribution < 1.29 is 14.1 Å². The van der Waals surface area contributed by atoms with Crippen molar-refractivity contribution >= 4 is 17.3 Å². The zero-order chi connectivity index (χ0) is 21.3. The van der Waals surface area contributed by atoms with Crippen LogP contribution in [0.2, 0.25) is 0 Å². The summed E-state index contributed by atoms with van der Waals surface area (Å²) >= 11 is 0. The zero-order valence-electron chi connectivity index (χ0n) is 16.5. The molecular formula is C19H21FN6O3. The normalized spacial score (nSPS) is 12.0. The number of carbonyl (C=O) groups excluding carboxylic acids is 1. The van der Waals surface area contributed by atoms with E-state index >= 15 is 0 Å². The van der Waals surface area contributed by atoms with E-state index in [4.69, 9.17) is 0 Å². The second kappa shape index (κ2) is 7.82. The molecule has 0 aliphatic heterocycles. The van der Waals surface area contributed by atoms with E-state index in [1.165, 1.54) is 23.9 Å². The number of halogens is 1. The first kappa shape index (κ1) is 20.2. The number of anilines is 1. The Morgan fingerprint density at radius 2 is 1.93 bits per heavy atom. The first-order valence-electron chi connectivity index (χ1n) is 8.97. The predicted molar refractivity (Wildman–Crippen MR) is 104 cm³/mol. The molecule has 9 nitrogen and oxygen atoms in total. The summed E-state index contributed by atoms with van der Waals surface area (Å²) < 4.78 is 16.8. The van der Waals surface area contributed by atoms with Gasteiger partial charge in [-0.05, 0) is 33.8 Å². The minimum absolute atomic E-state index is 0.144. The summed E-state index contributed by atoms with van der Waals surface area (Å²) in [5.41, 5.74) is 2.37. The Morgan fingerprint density at radius 1 is 1.24 bits per heavy atom. The van der Waals surface area contributed by atoms with Gasteiger partial charge in [0, 0.05) is 5.56 Å². The number of hydrogen-bond acceptors (Lipinski definition) is 5. The van der Waals surface area contributed by atoms with Gasteiger partial charge < -0.3 is 5.32 Å². The number of rotatable bonds is 6. The van der Waals surface area contributed by atoms with Crippen LogP contribution in [0.15, 0.2) is 30.5 Å². The fourth-order valence-electron chi connectivity index (χ4n) is 3.02. The highest BCUT2D eigenvalue weighted by Gasteiger charge is 2.24. The van der Waals surface area contributed by atoms with E-state index in [0.717, 1.165) is 0 Å². The first-order chi connectivity index (χ1) is 13.7. The van der Waals surface area contributed by atoms with Gasteiger partial charge in [0.05, 0.1) is 28.5 Å². The lowest BCUT2D eigenvalue weighted by Gasteiger charge is -2.13. The summed E-state index contributed by atoms with van der Waals surface area (Å²) in [7, 11) is 0. The van der Waals surface area contributed by atoms with Gasteiger partial charge in [-0.25, -0.2) is 4.39 Å². The number of nitrogens with one attached hydrogen (secondary N) is 1. The SMILES string of the molecule is Cc1nn(C(C)C(=O)Nc2c(C)nn(Cc3ccccc3F)c2C)cc1[N+](=O)[O-]. The third-order valence-electron chi connectivity index (χ3n) is 4.77. The number of aryl methyl sites for hydroxylation is 2. The van der Waals surface area contributed by atoms with Crippen molar-refractivity contribution in [3.05, 3.63) is 69.0 Å². The van der Waals surface area contributed by atoms with Crippen LogP contribution in [-0.2, 0) is 11.3 Å². The number of benzene rings is 1. The van der Waals surface area contributed by atoms with Crippen LogP contribution < -0.4 is 5.32 Å². The lowest BCUT2D eigenvalue weighted by Crippen LogP contribution is -2.24. The quantitative estimate of drug-likeness (QED) is 0.504. The molecule has 1 N–H and O–H groups in total. The van der Waals surface area contributed by atoms with Crippen molar-refractivity contribution in [1.29, 1.82) is 0 Å². The predicted octanol–water partition coefficient (Wildman–Crippen LogP) is 3.30. The highest BCUT2D eigenvalue weighted by atomic mass is 19.1. The Morgan fingerprint density at radius 3 is 2.55 bits per heavy atom. The molecule has 1 atom stereocenters. The van der Waals surface area contributed by atoms with Crippen LogP contribution >= 0.6 is 0 Å². The van der Waals surface area contributed by atoms with E-state index in [2.05, 4.69) is 15.5 Å². The fraction of sp³-hybridized carbons (Fsp3) is 0.316. The molecule has 0 saturated heterocycles. The molecule has 3 rings (SSSR count). The molecule has 1 amide bonds. The Labute approximate surface area is 166 Å². The third-order valence-corrected chi connectivity index (χ3v) is 4.77. The second-order valence-electron chi connectivity index (χ2n) is 6.80. The van der Waals surface area contributed by atoms with Crippen LogP contribution in [0, 0.1) is 36.7 Å². The molecule has 1 unspecified atom stereocenters. The molecule has 3 aromatic rings. The van der Waals surface area contributed by atoms with Gasteiger partial charge in [-0.1, -0.05) is 18.2 Å². The van der Waals surface area contributed by atoms with Crippen molar-refractivity contribution in [3.8, 4) is 0 Å². The minimum Gasteiger partial charge on any atom is -0.321 e. The molecular weight excluding hydrogens is 379 g/mol. The summed E-state index contributed by atoms with van der Waals surface area (Å²) in [4.78, 5) is 23.2. The van der Waals surface area contributed by atoms with Crippen LogP contribution in [0.4, 0.5) is 15.8 Å². The van der Waals surface area contributed by atoms with Gasteiger partial charge in [-0.3, -0.25) is 24.3 Å². The number of hydrogen-bond donors (Lipinski definition) is 1. The van der Waals surface area contributed by atoms with E-state index in [1.54, 1.807) is 43.7 Å². The highest BCUT2D eigenvalue weighted by Crippen LogP contribution is 2.23. The van der Waals surface area contributed by atoms with E-state index < -0.39 is 11.0 Å². The summed E-state index contributed by atoms with van der Waals surface area (Å²) in [5, 5.41) is 22.3. The maximum Gasteiger partial charge on any atom is 0.309 e. The smallest absolute Gasteiger partial charge is 0.309 e. The Hall–Kier alpha value is -3.56. The Balaban J connectivity index is 1.80. The summed E-state index contributed by atoms with van der Waals surface area (Å²) in [6.45, 7) is 6.87. The molecule has 0 radical (unpaired) electrons. The van der Waals surface area contributed by atoms with Crippen LogP contribution in [0.1, 0.15) is 35.6 Å². The summed E-state index contributed by atoms with van der Waals surface area (Å²) in [6.07, 6.45) is 1.24. The average Bonchev–Trinajstić information content (AvgIpc) is 3.18. The van der Waals surface area contributed by atoms with Crippen molar-refractivity contribution in [3.63, 3.8) is 0 Å². The van der Waals surface area contributed by atoms with Gasteiger partial charge in [0.25, 0.3) is 0 Å². The van der Waals surface area contributed by atoms with Crippen molar-refractivity contribution in [2.75, 3.05) is 5.32 Å². The van der Waals surface area contributed by atoms with Gasteiger partial charge in [0.15, 0.2) is 0 Å². The maximum atomic E-state index is 13.9. The molecule has 152 valence electrons. The standard InChI is InChI=1S/C19H21FN6O3/c1-11-17(26(28)29)10-25(22-11)14(4)19(27)21-18-12(2)23-24(13(18)3)9-15-7-5-6-8-16(15)20/h5-8,10,14H,9H2,1-4H3,(H,21,27). The summed E-state index contributed by atoms with van der Waals surface area (Å²) in [6, 6.07) is 5.67. The summed E-state index contributed by atoms with van der Waals surface area (Å²) in [5.74, 6) is -0.714. The van der Waals surface area contributed by atoms with Gasteiger partial charge in [0.2, 0.25) is 5.91 Å². The van der Waals surface area contributed by atoms with Crippen molar-refractivity contribution in [1.82, 2.24) is 19.6 Å². The minimum atomic E-state index is -0.767. The number of nitrogens with zero attached hydrogens (tertiary/aromatic N) is 5. The molecule has 1 aromatic carbocycles. The average molecular weight is 400 g/mol. The third kappa shape index (κ3) is 4.00. The molecule has 29 heavy (non-hydrogen) atoms. The number of aromatic nitrogens is 4. The largest absolute Gasteiger partial charge is 0.321 e. The van der Waals surface area contributed by atoms with Crippen LogP contribution in [0.5, 0.6) is 0 Å². The molecule has 0 aliphatic rings. The lowest BCUT2D eigenvalue weighted by atomic mass is 10.2. The molecule has 0 aliphatic carbocycles. The van der Waals surface area contributed by atoms with Crippen LogP contribution in [0.3, 0.4) is 0 Å². The molecule has 10 heteroatoms. The maximum absolute atomic E-state index is 13.9. The van der Waals surface area contributed by atoms with E-state index in [-0.39, 0.29) is 29.7 Å². The number of carbonyl (C=O) groups is 1. The van der Waals surface area contributed by atoms with E-state index in [1.807, 2.05) is 0 Å².